The third kappa shape index (κ3) is 2.09. The summed E-state index contributed by atoms with van der Waals surface area (Å²) < 4.78 is 0. The first-order valence-electron chi connectivity index (χ1n) is 5.39. The van der Waals surface area contributed by atoms with Crippen LogP contribution in [-0.4, -0.2) is 5.78 Å². The van der Waals surface area contributed by atoms with Crippen molar-refractivity contribution in [1.29, 1.82) is 0 Å². The van der Waals surface area contributed by atoms with Crippen LogP contribution in [0, 0.1) is 11.8 Å². The van der Waals surface area contributed by atoms with Crippen LogP contribution in [0.15, 0.2) is 0 Å². The van der Waals surface area contributed by atoms with Crippen molar-refractivity contribution in [2.24, 2.45) is 11.8 Å². The van der Waals surface area contributed by atoms with E-state index in [1.165, 1.54) is 44.9 Å². The van der Waals surface area contributed by atoms with E-state index in [9.17, 15) is 4.79 Å². The summed E-state index contributed by atoms with van der Waals surface area (Å²) in [6, 6.07) is 0. The Hall–Kier alpha value is -0.330. The van der Waals surface area contributed by atoms with Crippen molar-refractivity contribution in [3.8, 4) is 0 Å². The number of carbonyl (C=O) groups is 1. The number of ketones is 1. The summed E-state index contributed by atoms with van der Waals surface area (Å²) in [6.45, 7) is 0. The van der Waals surface area contributed by atoms with E-state index in [0.717, 1.165) is 12.3 Å². The lowest BCUT2D eigenvalue weighted by atomic mass is 9.98. The lowest BCUT2D eigenvalue weighted by Crippen LogP contribution is -2.10. The van der Waals surface area contributed by atoms with Crippen LogP contribution in [-0.2, 0) is 4.79 Å². The second-order valence-electron chi connectivity index (χ2n) is 4.43. The quantitative estimate of drug-likeness (QED) is 0.627. The summed E-state index contributed by atoms with van der Waals surface area (Å²) in [5.74, 6) is 1.96. The fourth-order valence-electron chi connectivity index (χ4n) is 2.20. The zero-order valence-corrected chi connectivity index (χ0v) is 7.72. The molecule has 2 aliphatic rings. The van der Waals surface area contributed by atoms with Crippen molar-refractivity contribution in [2.75, 3.05) is 0 Å². The number of hydrogen-bond donors (Lipinski definition) is 0. The van der Waals surface area contributed by atoms with Crippen molar-refractivity contribution in [1.82, 2.24) is 0 Å². The zero-order valence-electron chi connectivity index (χ0n) is 7.72. The number of rotatable bonds is 4. The van der Waals surface area contributed by atoms with Gasteiger partial charge in [0.05, 0.1) is 0 Å². The van der Waals surface area contributed by atoms with Gasteiger partial charge in [0.1, 0.15) is 5.78 Å². The van der Waals surface area contributed by atoms with E-state index in [4.69, 9.17) is 0 Å². The molecular weight excluding hydrogens is 148 g/mol. The van der Waals surface area contributed by atoms with E-state index in [-0.39, 0.29) is 0 Å². The first-order valence-corrected chi connectivity index (χ1v) is 5.39. The predicted molar refractivity (Wildman–Crippen MR) is 48.9 cm³/mol. The van der Waals surface area contributed by atoms with Gasteiger partial charge >= 0.3 is 0 Å². The van der Waals surface area contributed by atoms with Gasteiger partial charge in [-0.25, -0.2) is 0 Å². The number of Topliss-reactive ketones (excluding diaryl/α,β-unsaturated/α-hetero) is 1. The second kappa shape index (κ2) is 3.59. The van der Waals surface area contributed by atoms with Crippen molar-refractivity contribution in [2.45, 2.75) is 51.4 Å². The van der Waals surface area contributed by atoms with E-state index in [1.807, 2.05) is 0 Å². The van der Waals surface area contributed by atoms with Gasteiger partial charge in [-0.15, -0.1) is 0 Å². The monoisotopic (exact) mass is 166 g/mol. The Morgan fingerprint density at radius 2 is 1.75 bits per heavy atom. The molecule has 0 bridgehead atoms. The Morgan fingerprint density at radius 1 is 1.08 bits per heavy atom. The molecule has 0 heterocycles. The van der Waals surface area contributed by atoms with E-state index in [2.05, 4.69) is 0 Å². The van der Waals surface area contributed by atoms with E-state index < -0.39 is 0 Å². The Bertz CT molecular complexity index is 164. The van der Waals surface area contributed by atoms with Crippen molar-refractivity contribution < 1.29 is 4.79 Å². The molecule has 2 aliphatic carbocycles. The summed E-state index contributed by atoms with van der Waals surface area (Å²) in [5.41, 5.74) is 0. The normalized spacial score (nSPS) is 24.7. The molecule has 0 unspecified atom stereocenters. The van der Waals surface area contributed by atoms with E-state index in [0.29, 0.717) is 11.7 Å². The predicted octanol–water partition coefficient (Wildman–Crippen LogP) is 2.94. The standard InChI is InChI=1S/C11H18O/c12-11(8-7-9-5-6-9)10-3-1-2-4-10/h9-10H,1-8H2. The molecule has 0 aliphatic heterocycles. The molecule has 0 aromatic heterocycles. The highest BCUT2D eigenvalue weighted by Gasteiger charge is 2.26. The fourth-order valence-corrected chi connectivity index (χ4v) is 2.20. The molecule has 0 saturated heterocycles. The molecule has 12 heavy (non-hydrogen) atoms. The lowest BCUT2D eigenvalue weighted by molar-refractivity contribution is -0.122. The number of carbonyl (C=O) groups excluding carboxylic acids is 1. The zero-order chi connectivity index (χ0) is 8.39. The van der Waals surface area contributed by atoms with Crippen molar-refractivity contribution in [3.63, 3.8) is 0 Å². The van der Waals surface area contributed by atoms with Gasteiger partial charge in [0, 0.05) is 12.3 Å². The summed E-state index contributed by atoms with van der Waals surface area (Å²) in [5, 5.41) is 0. The van der Waals surface area contributed by atoms with Crippen LogP contribution < -0.4 is 0 Å². The maximum Gasteiger partial charge on any atom is 0.135 e. The maximum absolute atomic E-state index is 11.6. The molecule has 2 rings (SSSR count). The van der Waals surface area contributed by atoms with E-state index >= 15 is 0 Å². The van der Waals surface area contributed by atoms with Gasteiger partial charge in [0.2, 0.25) is 0 Å². The first-order chi connectivity index (χ1) is 5.86. The highest BCUT2D eigenvalue weighted by Crippen LogP contribution is 2.35. The van der Waals surface area contributed by atoms with Crippen LogP contribution in [0.3, 0.4) is 0 Å². The molecule has 1 heteroatoms. The van der Waals surface area contributed by atoms with Crippen LogP contribution in [0.4, 0.5) is 0 Å². The lowest BCUT2D eigenvalue weighted by Gasteiger charge is -2.06. The third-order valence-electron chi connectivity index (χ3n) is 3.31. The minimum atomic E-state index is 0.462. The highest BCUT2D eigenvalue weighted by molar-refractivity contribution is 5.81. The minimum Gasteiger partial charge on any atom is -0.299 e. The van der Waals surface area contributed by atoms with Crippen molar-refractivity contribution >= 4 is 5.78 Å². The van der Waals surface area contributed by atoms with Gasteiger partial charge in [-0.1, -0.05) is 25.7 Å². The van der Waals surface area contributed by atoms with Crippen LogP contribution >= 0.6 is 0 Å². The summed E-state index contributed by atoms with van der Waals surface area (Å²) in [4.78, 5) is 11.6. The molecule has 1 nitrogen and oxygen atoms in total. The first kappa shape index (κ1) is 8.28. The molecule has 0 atom stereocenters. The Morgan fingerprint density at radius 3 is 2.33 bits per heavy atom. The molecule has 0 radical (unpaired) electrons. The molecule has 0 N–H and O–H groups in total. The van der Waals surface area contributed by atoms with Gasteiger partial charge in [-0.3, -0.25) is 4.79 Å². The van der Waals surface area contributed by atoms with Crippen LogP contribution in [0.2, 0.25) is 0 Å². The Balaban J connectivity index is 1.67. The summed E-state index contributed by atoms with van der Waals surface area (Å²) >= 11 is 0. The van der Waals surface area contributed by atoms with Gasteiger partial charge < -0.3 is 0 Å². The second-order valence-corrected chi connectivity index (χ2v) is 4.43. The molecule has 2 saturated carbocycles. The SMILES string of the molecule is O=C(CCC1CC1)C1CCCC1. The molecule has 0 aromatic rings. The van der Waals surface area contributed by atoms with Gasteiger partial charge in [-0.05, 0) is 25.2 Å². The molecule has 68 valence electrons. The van der Waals surface area contributed by atoms with Gasteiger partial charge in [0.25, 0.3) is 0 Å². The number of hydrogen-bond acceptors (Lipinski definition) is 1. The largest absolute Gasteiger partial charge is 0.299 e. The fraction of sp³-hybridized carbons (Fsp3) is 0.909. The Kier molecular flexibility index (Phi) is 2.48. The van der Waals surface area contributed by atoms with Gasteiger partial charge in [-0.2, -0.15) is 0 Å². The highest BCUT2D eigenvalue weighted by atomic mass is 16.1. The smallest absolute Gasteiger partial charge is 0.135 e. The summed E-state index contributed by atoms with van der Waals surface area (Å²) in [7, 11) is 0. The molecular formula is C11H18O. The minimum absolute atomic E-state index is 0.462. The van der Waals surface area contributed by atoms with E-state index in [1.54, 1.807) is 0 Å². The Labute approximate surface area is 74.5 Å². The van der Waals surface area contributed by atoms with Gasteiger partial charge in [0.15, 0.2) is 0 Å². The molecule has 2 fully saturated rings. The third-order valence-corrected chi connectivity index (χ3v) is 3.31. The topological polar surface area (TPSA) is 17.1 Å². The summed E-state index contributed by atoms with van der Waals surface area (Å²) in [6.07, 6.45) is 9.80. The van der Waals surface area contributed by atoms with Crippen LogP contribution in [0.5, 0.6) is 0 Å². The maximum atomic E-state index is 11.6. The molecule has 0 aromatic carbocycles. The average Bonchev–Trinajstić information content (AvgIpc) is 2.74. The average molecular weight is 166 g/mol. The molecule has 0 spiro atoms. The molecule has 0 amide bonds. The van der Waals surface area contributed by atoms with Crippen LogP contribution in [0.25, 0.3) is 0 Å². The van der Waals surface area contributed by atoms with Crippen LogP contribution in [0.1, 0.15) is 51.4 Å². The van der Waals surface area contributed by atoms with Crippen molar-refractivity contribution in [3.05, 3.63) is 0 Å².